The van der Waals surface area contributed by atoms with E-state index in [1.807, 2.05) is 0 Å². The third-order valence-corrected chi connectivity index (χ3v) is 3.66. The highest BCUT2D eigenvalue weighted by Crippen LogP contribution is 2.03. The number of rotatable bonds is 4. The van der Waals surface area contributed by atoms with Gasteiger partial charge in [-0.3, -0.25) is 0 Å². The van der Waals surface area contributed by atoms with E-state index in [-0.39, 0.29) is 6.54 Å². The minimum absolute atomic E-state index is 0.0270. The van der Waals surface area contributed by atoms with Gasteiger partial charge in [0, 0.05) is 32.7 Å². The third-order valence-electron chi connectivity index (χ3n) is 2.10. The predicted molar refractivity (Wildman–Crippen MR) is 57.7 cm³/mol. The molecule has 1 aliphatic heterocycles. The lowest BCUT2D eigenvalue weighted by molar-refractivity contribution is 0.0851. The zero-order chi connectivity index (χ0) is 11.5. The molecule has 0 aromatic heterocycles. The Balaban J connectivity index is 2.51. The highest BCUT2D eigenvalue weighted by Gasteiger charge is 2.25. The van der Waals surface area contributed by atoms with Gasteiger partial charge in [0.05, 0.1) is 5.60 Å². The van der Waals surface area contributed by atoms with Gasteiger partial charge >= 0.3 is 0 Å². The van der Waals surface area contributed by atoms with E-state index < -0.39 is 15.8 Å². The Morgan fingerprint density at radius 1 is 1.40 bits per heavy atom. The van der Waals surface area contributed by atoms with Crippen LogP contribution in [0.15, 0.2) is 0 Å². The van der Waals surface area contributed by atoms with Crippen molar-refractivity contribution in [3.8, 4) is 0 Å². The molecule has 0 radical (unpaired) electrons. The van der Waals surface area contributed by atoms with Crippen molar-refractivity contribution in [3.05, 3.63) is 0 Å². The van der Waals surface area contributed by atoms with E-state index in [2.05, 4.69) is 10.0 Å². The van der Waals surface area contributed by atoms with E-state index in [1.165, 1.54) is 4.31 Å². The fourth-order valence-corrected chi connectivity index (χ4v) is 2.63. The van der Waals surface area contributed by atoms with Crippen LogP contribution in [0.3, 0.4) is 0 Å². The molecule has 3 N–H and O–H groups in total. The van der Waals surface area contributed by atoms with E-state index in [9.17, 15) is 13.5 Å². The molecule has 1 fully saturated rings. The van der Waals surface area contributed by atoms with Gasteiger partial charge in [-0.25, -0.2) is 0 Å². The standard InChI is InChI=1S/C8H19N3O3S/c1-8(2,12)7-10-15(13,14)11-5-3-9-4-6-11/h9-10,12H,3-7H2,1-2H3. The van der Waals surface area contributed by atoms with Gasteiger partial charge in [0.1, 0.15) is 0 Å². The first kappa shape index (κ1) is 12.9. The summed E-state index contributed by atoms with van der Waals surface area (Å²) in [4.78, 5) is 0. The van der Waals surface area contributed by atoms with Gasteiger partial charge in [0.15, 0.2) is 0 Å². The fourth-order valence-electron chi connectivity index (χ4n) is 1.24. The molecule has 15 heavy (non-hydrogen) atoms. The van der Waals surface area contributed by atoms with Crippen LogP contribution in [-0.2, 0) is 10.2 Å². The van der Waals surface area contributed by atoms with Gasteiger partial charge in [0.25, 0.3) is 10.2 Å². The van der Waals surface area contributed by atoms with Crippen molar-refractivity contribution in [2.24, 2.45) is 0 Å². The molecule has 0 bridgehead atoms. The van der Waals surface area contributed by atoms with Gasteiger partial charge in [-0.1, -0.05) is 0 Å². The highest BCUT2D eigenvalue weighted by atomic mass is 32.2. The quantitative estimate of drug-likeness (QED) is 0.555. The Morgan fingerprint density at radius 3 is 2.40 bits per heavy atom. The summed E-state index contributed by atoms with van der Waals surface area (Å²) < 4.78 is 27.2. The Kier molecular flexibility index (Phi) is 4.07. The van der Waals surface area contributed by atoms with E-state index >= 15 is 0 Å². The largest absolute Gasteiger partial charge is 0.389 e. The van der Waals surface area contributed by atoms with Crippen LogP contribution in [0.4, 0.5) is 0 Å². The topological polar surface area (TPSA) is 81.7 Å². The molecule has 1 saturated heterocycles. The lowest BCUT2D eigenvalue weighted by atomic mass is 10.1. The van der Waals surface area contributed by atoms with Gasteiger partial charge in [-0.05, 0) is 13.8 Å². The van der Waals surface area contributed by atoms with Crippen LogP contribution in [-0.4, -0.2) is 56.2 Å². The van der Waals surface area contributed by atoms with Crippen LogP contribution in [0.1, 0.15) is 13.8 Å². The van der Waals surface area contributed by atoms with Gasteiger partial charge in [-0.15, -0.1) is 0 Å². The van der Waals surface area contributed by atoms with E-state index in [0.717, 1.165) is 0 Å². The summed E-state index contributed by atoms with van der Waals surface area (Å²) in [5, 5.41) is 12.5. The summed E-state index contributed by atoms with van der Waals surface area (Å²) in [6.07, 6.45) is 0. The zero-order valence-corrected chi connectivity index (χ0v) is 9.97. The first-order valence-electron chi connectivity index (χ1n) is 4.99. The zero-order valence-electron chi connectivity index (χ0n) is 9.15. The Morgan fingerprint density at radius 2 is 1.93 bits per heavy atom. The smallest absolute Gasteiger partial charge is 0.279 e. The molecule has 90 valence electrons. The molecule has 0 spiro atoms. The lowest BCUT2D eigenvalue weighted by Crippen LogP contribution is -2.52. The number of nitrogens with zero attached hydrogens (tertiary/aromatic N) is 1. The van der Waals surface area contributed by atoms with Gasteiger partial charge < -0.3 is 10.4 Å². The second kappa shape index (κ2) is 4.75. The Hall–Kier alpha value is -0.210. The summed E-state index contributed by atoms with van der Waals surface area (Å²) in [6, 6.07) is 0. The first-order valence-corrected chi connectivity index (χ1v) is 6.43. The lowest BCUT2D eigenvalue weighted by Gasteiger charge is -2.28. The molecule has 0 aromatic carbocycles. The molecule has 0 atom stereocenters. The van der Waals surface area contributed by atoms with Crippen LogP contribution in [0, 0.1) is 0 Å². The van der Waals surface area contributed by atoms with Crippen molar-refractivity contribution in [1.29, 1.82) is 0 Å². The monoisotopic (exact) mass is 237 g/mol. The molecule has 0 unspecified atom stereocenters. The van der Waals surface area contributed by atoms with Crippen molar-refractivity contribution < 1.29 is 13.5 Å². The molecule has 1 rings (SSSR count). The molecule has 0 aliphatic carbocycles. The molecule has 1 heterocycles. The van der Waals surface area contributed by atoms with Crippen LogP contribution in [0.5, 0.6) is 0 Å². The average Bonchev–Trinajstić information content (AvgIpc) is 2.16. The van der Waals surface area contributed by atoms with Gasteiger partial charge in [-0.2, -0.15) is 17.4 Å². The fraction of sp³-hybridized carbons (Fsp3) is 1.00. The second-order valence-electron chi connectivity index (χ2n) is 4.29. The van der Waals surface area contributed by atoms with Crippen LogP contribution >= 0.6 is 0 Å². The highest BCUT2D eigenvalue weighted by molar-refractivity contribution is 7.87. The molecule has 0 aromatic rings. The Bertz CT molecular complexity index is 291. The second-order valence-corrected chi connectivity index (χ2v) is 6.04. The maximum atomic E-state index is 11.7. The van der Waals surface area contributed by atoms with Crippen molar-refractivity contribution >= 4 is 10.2 Å². The van der Waals surface area contributed by atoms with Gasteiger partial charge in [0.2, 0.25) is 0 Å². The number of nitrogens with one attached hydrogen (secondary N) is 2. The van der Waals surface area contributed by atoms with Crippen LogP contribution in [0.25, 0.3) is 0 Å². The molecule has 0 saturated carbocycles. The minimum atomic E-state index is -3.43. The Labute approximate surface area is 90.8 Å². The molecule has 6 nitrogen and oxygen atoms in total. The predicted octanol–water partition coefficient (Wildman–Crippen LogP) is -1.50. The molecular formula is C8H19N3O3S. The molecular weight excluding hydrogens is 218 g/mol. The van der Waals surface area contributed by atoms with E-state index in [0.29, 0.717) is 26.2 Å². The first-order chi connectivity index (χ1) is 6.81. The molecule has 0 amide bonds. The maximum absolute atomic E-state index is 11.7. The summed E-state index contributed by atoms with van der Waals surface area (Å²) in [5.41, 5.74) is -1.03. The number of piperazine rings is 1. The van der Waals surface area contributed by atoms with Crippen LogP contribution in [0.2, 0.25) is 0 Å². The third kappa shape index (κ3) is 4.43. The number of hydrogen-bond acceptors (Lipinski definition) is 4. The number of aliphatic hydroxyl groups is 1. The minimum Gasteiger partial charge on any atom is -0.389 e. The van der Waals surface area contributed by atoms with Crippen molar-refractivity contribution in [2.75, 3.05) is 32.7 Å². The van der Waals surface area contributed by atoms with Crippen molar-refractivity contribution in [3.63, 3.8) is 0 Å². The molecule has 7 heteroatoms. The van der Waals surface area contributed by atoms with Crippen LogP contribution < -0.4 is 10.0 Å². The molecule has 1 aliphatic rings. The van der Waals surface area contributed by atoms with E-state index in [1.54, 1.807) is 13.8 Å². The van der Waals surface area contributed by atoms with E-state index in [4.69, 9.17) is 0 Å². The summed E-state index contributed by atoms with van der Waals surface area (Å²) >= 11 is 0. The summed E-state index contributed by atoms with van der Waals surface area (Å²) in [7, 11) is -3.43. The summed E-state index contributed by atoms with van der Waals surface area (Å²) in [5.74, 6) is 0. The normalized spacial score (nSPS) is 20.5. The maximum Gasteiger partial charge on any atom is 0.279 e. The average molecular weight is 237 g/mol. The number of hydrogen-bond donors (Lipinski definition) is 3. The van der Waals surface area contributed by atoms with Crippen molar-refractivity contribution in [1.82, 2.24) is 14.3 Å². The SMILES string of the molecule is CC(C)(O)CNS(=O)(=O)N1CCNCC1. The summed E-state index contributed by atoms with van der Waals surface area (Å²) in [6.45, 7) is 5.44. The van der Waals surface area contributed by atoms with Crippen molar-refractivity contribution in [2.45, 2.75) is 19.4 Å².